The first-order valence-corrected chi connectivity index (χ1v) is 6.86. The van der Waals surface area contributed by atoms with Gasteiger partial charge in [-0.1, -0.05) is 6.07 Å². The van der Waals surface area contributed by atoms with Gasteiger partial charge in [0, 0.05) is 10.1 Å². The second-order valence-corrected chi connectivity index (χ2v) is 4.97. The van der Waals surface area contributed by atoms with Gasteiger partial charge < -0.3 is 10.1 Å². The molecular formula is C12H11IN4O3. The predicted octanol–water partition coefficient (Wildman–Crippen LogP) is 3.21. The molecular weight excluding hydrogens is 375 g/mol. The van der Waals surface area contributed by atoms with Gasteiger partial charge in [-0.25, -0.2) is 4.98 Å². The zero-order valence-electron chi connectivity index (χ0n) is 10.5. The lowest BCUT2D eigenvalue weighted by Gasteiger charge is -2.08. The number of nitrogens with one attached hydrogen (secondary N) is 1. The van der Waals surface area contributed by atoms with Gasteiger partial charge in [0.2, 0.25) is 5.82 Å². The van der Waals surface area contributed by atoms with Gasteiger partial charge in [-0.05, 0) is 47.7 Å². The quantitative estimate of drug-likeness (QED) is 0.482. The highest BCUT2D eigenvalue weighted by Crippen LogP contribution is 2.34. The maximum Gasteiger partial charge on any atom is 0.373 e. The van der Waals surface area contributed by atoms with E-state index in [4.69, 9.17) is 4.74 Å². The van der Waals surface area contributed by atoms with Gasteiger partial charge >= 0.3 is 11.6 Å². The van der Waals surface area contributed by atoms with Crippen molar-refractivity contribution >= 4 is 34.1 Å². The lowest BCUT2D eigenvalue weighted by Crippen LogP contribution is -2.06. The Bertz CT molecular complexity index is 636. The van der Waals surface area contributed by atoms with Crippen LogP contribution in [0.5, 0.6) is 11.6 Å². The van der Waals surface area contributed by atoms with Crippen molar-refractivity contribution in [1.29, 1.82) is 0 Å². The average molecular weight is 386 g/mol. The first-order valence-electron chi connectivity index (χ1n) is 5.78. The Hall–Kier alpha value is -1.97. The number of anilines is 1. The third kappa shape index (κ3) is 3.32. The molecule has 0 saturated heterocycles. The molecule has 2 aromatic rings. The van der Waals surface area contributed by atoms with Crippen LogP contribution in [0.25, 0.3) is 0 Å². The van der Waals surface area contributed by atoms with Crippen molar-refractivity contribution in [2.75, 3.05) is 11.9 Å². The summed E-state index contributed by atoms with van der Waals surface area (Å²) in [5.41, 5.74) is -0.270. The van der Waals surface area contributed by atoms with E-state index in [0.29, 0.717) is 12.3 Å². The average Bonchev–Trinajstić information content (AvgIpc) is 2.39. The van der Waals surface area contributed by atoms with E-state index in [1.165, 1.54) is 6.33 Å². The molecule has 0 aliphatic carbocycles. The molecule has 0 bridgehead atoms. The normalized spacial score (nSPS) is 10.1. The summed E-state index contributed by atoms with van der Waals surface area (Å²) in [4.78, 5) is 18.3. The second kappa shape index (κ2) is 6.46. The largest absolute Gasteiger partial charge is 0.434 e. The molecule has 20 heavy (non-hydrogen) atoms. The van der Waals surface area contributed by atoms with E-state index in [-0.39, 0.29) is 17.4 Å². The van der Waals surface area contributed by atoms with E-state index >= 15 is 0 Å². The molecule has 1 N–H and O–H groups in total. The Kier molecular flexibility index (Phi) is 4.66. The second-order valence-electron chi connectivity index (χ2n) is 3.72. The molecule has 0 unspecified atom stereocenters. The first-order chi connectivity index (χ1) is 9.61. The zero-order chi connectivity index (χ0) is 14.5. The fraction of sp³-hybridized carbons (Fsp3) is 0.167. The van der Waals surface area contributed by atoms with Gasteiger partial charge in [0.25, 0.3) is 0 Å². The van der Waals surface area contributed by atoms with Gasteiger partial charge in [-0.15, -0.1) is 0 Å². The number of hydrogen-bond acceptors (Lipinski definition) is 6. The minimum atomic E-state index is -0.554. The molecule has 0 atom stereocenters. The summed E-state index contributed by atoms with van der Waals surface area (Å²) in [7, 11) is 0. The van der Waals surface area contributed by atoms with Crippen molar-refractivity contribution in [3.05, 3.63) is 44.3 Å². The summed E-state index contributed by atoms with van der Waals surface area (Å²) in [6.07, 6.45) is 1.23. The minimum absolute atomic E-state index is 0.0806. The fourth-order valence-electron chi connectivity index (χ4n) is 1.54. The monoisotopic (exact) mass is 386 g/mol. The molecule has 0 aliphatic rings. The summed E-state index contributed by atoms with van der Waals surface area (Å²) in [5, 5.41) is 14.0. The van der Waals surface area contributed by atoms with E-state index in [1.54, 1.807) is 18.2 Å². The topological polar surface area (TPSA) is 90.2 Å². The number of ether oxygens (including phenoxy) is 1. The van der Waals surface area contributed by atoms with E-state index in [0.717, 1.165) is 3.57 Å². The highest BCUT2D eigenvalue weighted by molar-refractivity contribution is 14.1. The van der Waals surface area contributed by atoms with Crippen LogP contribution in [-0.2, 0) is 0 Å². The lowest BCUT2D eigenvalue weighted by molar-refractivity contribution is -0.385. The van der Waals surface area contributed by atoms with Crippen LogP contribution in [0.1, 0.15) is 6.92 Å². The van der Waals surface area contributed by atoms with Crippen LogP contribution in [0.2, 0.25) is 0 Å². The van der Waals surface area contributed by atoms with E-state index < -0.39 is 4.92 Å². The van der Waals surface area contributed by atoms with Gasteiger partial charge in [-0.2, -0.15) is 4.98 Å². The zero-order valence-corrected chi connectivity index (χ0v) is 12.7. The summed E-state index contributed by atoms with van der Waals surface area (Å²) in [6, 6.07) is 7.17. The number of hydrogen-bond donors (Lipinski definition) is 1. The molecule has 104 valence electrons. The number of nitrogens with zero attached hydrogens (tertiary/aromatic N) is 3. The third-order valence-electron chi connectivity index (χ3n) is 2.33. The molecule has 8 heteroatoms. The highest BCUT2D eigenvalue weighted by Gasteiger charge is 2.24. The smallest absolute Gasteiger partial charge is 0.373 e. The van der Waals surface area contributed by atoms with E-state index in [1.807, 2.05) is 13.0 Å². The van der Waals surface area contributed by atoms with Crippen molar-refractivity contribution in [2.45, 2.75) is 6.92 Å². The van der Waals surface area contributed by atoms with Gasteiger partial charge in [-0.3, -0.25) is 10.1 Å². The Balaban J connectivity index is 2.40. The van der Waals surface area contributed by atoms with Crippen molar-refractivity contribution in [2.24, 2.45) is 0 Å². The lowest BCUT2D eigenvalue weighted by atomic mass is 10.3. The minimum Gasteiger partial charge on any atom is -0.434 e. The molecule has 1 aromatic heterocycles. The highest BCUT2D eigenvalue weighted by atomic mass is 127. The first kappa shape index (κ1) is 14.4. The molecule has 0 fully saturated rings. The Morgan fingerprint density at radius 2 is 2.25 bits per heavy atom. The Morgan fingerprint density at radius 3 is 2.90 bits per heavy atom. The van der Waals surface area contributed by atoms with Crippen LogP contribution in [0.15, 0.2) is 30.6 Å². The Morgan fingerprint density at radius 1 is 1.45 bits per heavy atom. The summed E-state index contributed by atoms with van der Waals surface area (Å²) < 4.78 is 6.46. The van der Waals surface area contributed by atoms with Crippen LogP contribution < -0.4 is 10.1 Å². The summed E-state index contributed by atoms with van der Waals surface area (Å²) in [5.74, 6) is 0.553. The van der Waals surface area contributed by atoms with Gasteiger partial charge in [0.05, 0.1) is 4.92 Å². The van der Waals surface area contributed by atoms with Crippen LogP contribution in [0.4, 0.5) is 11.5 Å². The van der Waals surface area contributed by atoms with E-state index in [9.17, 15) is 10.1 Å². The van der Waals surface area contributed by atoms with Gasteiger partial charge in [0.1, 0.15) is 12.1 Å². The summed E-state index contributed by atoms with van der Waals surface area (Å²) >= 11 is 2.13. The molecule has 0 amide bonds. The number of rotatable bonds is 5. The maximum atomic E-state index is 11.2. The van der Waals surface area contributed by atoms with Crippen LogP contribution in [0.3, 0.4) is 0 Å². The van der Waals surface area contributed by atoms with Crippen molar-refractivity contribution in [3.8, 4) is 11.6 Å². The Labute approximate surface area is 128 Å². The molecule has 1 heterocycles. The predicted molar refractivity (Wildman–Crippen MR) is 82.1 cm³/mol. The van der Waals surface area contributed by atoms with Crippen molar-refractivity contribution in [3.63, 3.8) is 0 Å². The van der Waals surface area contributed by atoms with E-state index in [2.05, 4.69) is 37.9 Å². The van der Waals surface area contributed by atoms with Crippen molar-refractivity contribution in [1.82, 2.24) is 9.97 Å². The van der Waals surface area contributed by atoms with Crippen LogP contribution in [-0.4, -0.2) is 21.4 Å². The summed E-state index contributed by atoms with van der Waals surface area (Å²) in [6.45, 7) is 2.34. The van der Waals surface area contributed by atoms with Gasteiger partial charge in [0.15, 0.2) is 0 Å². The molecule has 1 aromatic carbocycles. The number of halogens is 1. The third-order valence-corrected chi connectivity index (χ3v) is 3.00. The number of nitro groups is 1. The molecule has 7 nitrogen and oxygen atoms in total. The molecule has 0 saturated carbocycles. The van der Waals surface area contributed by atoms with Crippen LogP contribution in [0, 0.1) is 13.7 Å². The molecule has 0 aliphatic heterocycles. The molecule has 2 rings (SSSR count). The molecule has 0 radical (unpaired) electrons. The van der Waals surface area contributed by atoms with Crippen molar-refractivity contribution < 1.29 is 9.66 Å². The maximum absolute atomic E-state index is 11.2. The standard InChI is InChI=1S/C12H11IN4O3/c1-2-14-11-10(17(18)19)12(16-7-15-11)20-9-5-3-4-8(13)6-9/h3-7H,2H2,1H3,(H,14,15,16). The fourth-order valence-corrected chi connectivity index (χ4v) is 2.06. The number of aromatic nitrogens is 2. The number of benzene rings is 1. The molecule has 0 spiro atoms. The SMILES string of the molecule is CCNc1ncnc(Oc2cccc(I)c2)c1[N+](=O)[O-]. The van der Waals surface area contributed by atoms with Crippen LogP contribution >= 0.6 is 22.6 Å².